The molecule has 0 radical (unpaired) electrons. The number of alkyl halides is 1. The number of ether oxygens (including phenoxy) is 1. The number of hydrogen-bond acceptors (Lipinski definition) is 6. The number of methoxy groups -OCH3 is 1. The highest BCUT2D eigenvalue weighted by molar-refractivity contribution is 5.72. The molecule has 1 atom stereocenters. The Labute approximate surface area is 197 Å². The van der Waals surface area contributed by atoms with E-state index in [1.54, 1.807) is 0 Å². The number of aromatic amines is 1. The lowest BCUT2D eigenvalue weighted by molar-refractivity contribution is -0.139. The molecule has 3 aromatic rings. The van der Waals surface area contributed by atoms with Gasteiger partial charge in [0.15, 0.2) is 0 Å². The van der Waals surface area contributed by atoms with E-state index in [0.29, 0.717) is 13.0 Å². The molecule has 1 unspecified atom stereocenters. The topological polar surface area (TPSA) is 104 Å². The van der Waals surface area contributed by atoms with Gasteiger partial charge in [-0.25, -0.2) is 9.37 Å². The summed E-state index contributed by atoms with van der Waals surface area (Å²) in [6, 6.07) is 15.0. The van der Waals surface area contributed by atoms with Gasteiger partial charge in [0.25, 0.3) is 5.56 Å². The third-order valence-corrected chi connectivity index (χ3v) is 5.22. The first-order valence-electron chi connectivity index (χ1n) is 10.8. The smallest absolute Gasteiger partial charge is 0.309 e. The number of nitrogens with one attached hydrogen (secondary N) is 2. The number of esters is 1. The largest absolute Gasteiger partial charge is 0.502 e. The van der Waals surface area contributed by atoms with Crippen LogP contribution in [0.3, 0.4) is 0 Å². The highest BCUT2D eigenvalue weighted by Crippen LogP contribution is 2.23. The number of H-pyrrole nitrogens is 1. The summed E-state index contributed by atoms with van der Waals surface area (Å²) in [7, 11) is 1.36. The minimum absolute atomic E-state index is 0.179. The fourth-order valence-corrected chi connectivity index (χ4v) is 3.41. The molecule has 0 amide bonds. The van der Waals surface area contributed by atoms with Crippen molar-refractivity contribution in [3.63, 3.8) is 0 Å². The van der Waals surface area contributed by atoms with Crippen LogP contribution in [-0.2, 0) is 22.4 Å². The number of carbonyl (C=O) groups is 1. The molecule has 0 fully saturated rings. The summed E-state index contributed by atoms with van der Waals surface area (Å²) in [4.78, 5) is 29.6. The minimum atomic E-state index is -0.607. The molecule has 34 heavy (non-hydrogen) atoms. The Morgan fingerprint density at radius 3 is 2.32 bits per heavy atom. The first-order chi connectivity index (χ1) is 16.5. The van der Waals surface area contributed by atoms with Gasteiger partial charge >= 0.3 is 5.97 Å². The van der Waals surface area contributed by atoms with E-state index in [2.05, 4.69) is 31.9 Å². The van der Waals surface area contributed by atoms with E-state index in [1.807, 2.05) is 48.5 Å². The van der Waals surface area contributed by atoms with Gasteiger partial charge in [-0.3, -0.25) is 9.59 Å². The zero-order chi connectivity index (χ0) is 24.3. The lowest BCUT2D eigenvalue weighted by atomic mass is 9.94. The Balaban J connectivity index is 1.69. The molecule has 2 aromatic carbocycles. The zero-order valence-corrected chi connectivity index (χ0v) is 18.8. The van der Waals surface area contributed by atoms with Crippen molar-refractivity contribution >= 4 is 5.97 Å². The number of halogens is 1. The summed E-state index contributed by atoms with van der Waals surface area (Å²) < 4.78 is 17.2. The summed E-state index contributed by atoms with van der Waals surface area (Å²) in [6.45, 7) is 0.0307. The maximum atomic E-state index is 12.5. The third kappa shape index (κ3) is 7.02. The van der Waals surface area contributed by atoms with Crippen LogP contribution in [0.25, 0.3) is 0 Å². The number of rotatable bonds is 9. The highest BCUT2D eigenvalue weighted by Gasteiger charge is 2.19. The molecule has 0 aliphatic heterocycles. The van der Waals surface area contributed by atoms with Crippen molar-refractivity contribution in [1.82, 2.24) is 15.3 Å². The monoisotopic (exact) mass is 463 g/mol. The average molecular weight is 464 g/mol. The van der Waals surface area contributed by atoms with Crippen LogP contribution in [0.1, 0.15) is 33.9 Å². The highest BCUT2D eigenvalue weighted by atomic mass is 19.1. The standard InChI is InChI=1S/C26H26FN3O4/c1-34-23(31)15-21-10-6-19(7-11-21)3-2-18-4-8-20(9-5-18)14-22(16-28-13-12-27)24-25(32)26(33)30-17-29-24/h4-11,17,22,28,32H,12-16H2,1H3,(H,29,30,33). The van der Waals surface area contributed by atoms with Crippen molar-refractivity contribution in [2.45, 2.75) is 18.8 Å². The van der Waals surface area contributed by atoms with Gasteiger partial charge in [-0.2, -0.15) is 0 Å². The summed E-state index contributed by atoms with van der Waals surface area (Å²) >= 11 is 0. The summed E-state index contributed by atoms with van der Waals surface area (Å²) in [5.41, 5.74) is 3.14. The van der Waals surface area contributed by atoms with Crippen LogP contribution in [0, 0.1) is 11.8 Å². The molecule has 0 bridgehead atoms. The van der Waals surface area contributed by atoms with Crippen molar-refractivity contribution in [2.75, 3.05) is 26.9 Å². The predicted octanol–water partition coefficient (Wildman–Crippen LogP) is 2.48. The predicted molar refractivity (Wildman–Crippen MR) is 126 cm³/mol. The van der Waals surface area contributed by atoms with E-state index in [1.165, 1.54) is 13.4 Å². The van der Waals surface area contributed by atoms with E-state index in [4.69, 9.17) is 0 Å². The minimum Gasteiger partial charge on any atom is -0.502 e. The number of hydrogen-bond donors (Lipinski definition) is 3. The van der Waals surface area contributed by atoms with Crippen molar-refractivity contribution < 1.29 is 19.0 Å². The van der Waals surface area contributed by atoms with Gasteiger partial charge in [0.1, 0.15) is 6.67 Å². The molecule has 0 aliphatic rings. The Hall–Kier alpha value is -3.96. The molecular formula is C26H26FN3O4. The van der Waals surface area contributed by atoms with E-state index in [9.17, 15) is 19.1 Å². The van der Waals surface area contributed by atoms with Gasteiger partial charge in [-0.15, -0.1) is 0 Å². The first kappa shape index (κ1) is 24.7. The number of nitrogens with zero attached hydrogens (tertiary/aromatic N) is 1. The maximum Gasteiger partial charge on any atom is 0.309 e. The Bertz CT molecular complexity index is 1210. The molecule has 1 aromatic heterocycles. The molecule has 1 heterocycles. The summed E-state index contributed by atoms with van der Waals surface area (Å²) in [5, 5.41) is 13.1. The van der Waals surface area contributed by atoms with Crippen LogP contribution in [0.4, 0.5) is 4.39 Å². The Kier molecular flexibility index (Phi) is 8.95. The van der Waals surface area contributed by atoms with Gasteiger partial charge in [0, 0.05) is 30.1 Å². The van der Waals surface area contributed by atoms with Crippen molar-refractivity contribution in [3.05, 3.63) is 93.2 Å². The van der Waals surface area contributed by atoms with Crippen molar-refractivity contribution in [1.29, 1.82) is 0 Å². The normalized spacial score (nSPS) is 11.4. The molecular weight excluding hydrogens is 437 g/mol. The number of aromatic hydroxyl groups is 1. The van der Waals surface area contributed by atoms with Crippen LogP contribution < -0.4 is 10.9 Å². The second kappa shape index (κ2) is 12.3. The van der Waals surface area contributed by atoms with Crippen molar-refractivity contribution in [3.8, 4) is 17.6 Å². The van der Waals surface area contributed by atoms with Crippen LogP contribution in [0.2, 0.25) is 0 Å². The molecule has 0 saturated carbocycles. The van der Waals surface area contributed by atoms with Gasteiger partial charge in [0.2, 0.25) is 5.75 Å². The number of carbonyl (C=O) groups excluding carboxylic acids is 1. The molecule has 176 valence electrons. The maximum absolute atomic E-state index is 12.5. The van der Waals surface area contributed by atoms with Gasteiger partial charge in [-0.05, 0) is 41.8 Å². The van der Waals surface area contributed by atoms with Gasteiger partial charge in [0.05, 0.1) is 25.6 Å². The lowest BCUT2D eigenvalue weighted by Gasteiger charge is -2.17. The van der Waals surface area contributed by atoms with Crippen LogP contribution in [0.15, 0.2) is 59.7 Å². The van der Waals surface area contributed by atoms with E-state index in [-0.39, 0.29) is 30.5 Å². The molecule has 0 saturated heterocycles. The molecule has 0 aliphatic carbocycles. The second-order valence-electron chi connectivity index (χ2n) is 7.66. The number of benzene rings is 2. The van der Waals surface area contributed by atoms with Crippen LogP contribution in [0.5, 0.6) is 5.75 Å². The molecule has 0 spiro atoms. The average Bonchev–Trinajstić information content (AvgIpc) is 2.85. The zero-order valence-electron chi connectivity index (χ0n) is 18.8. The fourth-order valence-electron chi connectivity index (χ4n) is 3.41. The van der Waals surface area contributed by atoms with E-state index < -0.39 is 18.0 Å². The quantitative estimate of drug-likeness (QED) is 0.256. The van der Waals surface area contributed by atoms with Gasteiger partial charge in [-0.1, -0.05) is 36.1 Å². The molecule has 3 N–H and O–H groups in total. The molecule has 7 nitrogen and oxygen atoms in total. The van der Waals surface area contributed by atoms with E-state index in [0.717, 1.165) is 22.3 Å². The molecule has 3 rings (SSSR count). The third-order valence-electron chi connectivity index (χ3n) is 5.22. The Morgan fingerprint density at radius 1 is 1.12 bits per heavy atom. The van der Waals surface area contributed by atoms with Crippen molar-refractivity contribution in [2.24, 2.45) is 0 Å². The van der Waals surface area contributed by atoms with E-state index >= 15 is 0 Å². The second-order valence-corrected chi connectivity index (χ2v) is 7.66. The number of aromatic nitrogens is 2. The fraction of sp³-hybridized carbons (Fsp3) is 0.269. The summed E-state index contributed by atoms with van der Waals surface area (Å²) in [5.74, 6) is 5.19. The summed E-state index contributed by atoms with van der Waals surface area (Å²) in [6.07, 6.45) is 1.97. The van der Waals surface area contributed by atoms with Gasteiger partial charge < -0.3 is 20.1 Å². The Morgan fingerprint density at radius 2 is 1.74 bits per heavy atom. The van der Waals surface area contributed by atoms with Crippen LogP contribution >= 0.6 is 0 Å². The first-order valence-corrected chi connectivity index (χ1v) is 10.8. The molecule has 8 heteroatoms. The lowest BCUT2D eigenvalue weighted by Crippen LogP contribution is -2.26. The SMILES string of the molecule is COC(=O)Cc1ccc(C#Cc2ccc(CC(CNCCF)c3nc[nH]c(=O)c3O)cc2)cc1. The van der Waals surface area contributed by atoms with Crippen LogP contribution in [-0.4, -0.2) is 47.9 Å².